The third-order valence-corrected chi connectivity index (χ3v) is 5.92. The smallest absolute Gasteiger partial charge is 0.481 e. The van der Waals surface area contributed by atoms with Crippen LogP contribution < -0.4 is 20.1 Å². The van der Waals surface area contributed by atoms with Crippen LogP contribution in [0.1, 0.15) is 28.4 Å². The summed E-state index contributed by atoms with van der Waals surface area (Å²) in [6.45, 7) is -0.0732. The number of esters is 1. The Morgan fingerprint density at radius 2 is 1.43 bits per heavy atom. The van der Waals surface area contributed by atoms with Gasteiger partial charge in [-0.15, -0.1) is 13.2 Å². The van der Waals surface area contributed by atoms with Crippen LogP contribution in [0.15, 0.2) is 103 Å². The molecule has 4 aromatic rings. The second-order valence-electron chi connectivity index (χ2n) is 8.99. The van der Waals surface area contributed by atoms with Crippen molar-refractivity contribution in [3.63, 3.8) is 0 Å². The number of aliphatic carboxylic acids is 1. The van der Waals surface area contributed by atoms with Crippen LogP contribution in [-0.4, -0.2) is 35.9 Å². The number of carboxylic acid groups (broad SMARTS) is 1. The van der Waals surface area contributed by atoms with Crippen molar-refractivity contribution in [2.24, 2.45) is 0 Å². The Bertz CT molecular complexity index is 1530. The van der Waals surface area contributed by atoms with Gasteiger partial charge in [0.25, 0.3) is 5.91 Å². The summed E-state index contributed by atoms with van der Waals surface area (Å²) in [6, 6.07) is 26.0. The van der Waals surface area contributed by atoms with Crippen LogP contribution >= 0.6 is 0 Å². The van der Waals surface area contributed by atoms with Crippen molar-refractivity contribution < 1.29 is 42.1 Å². The van der Waals surface area contributed by atoms with Crippen molar-refractivity contribution in [3.8, 4) is 22.6 Å². The summed E-state index contributed by atoms with van der Waals surface area (Å²) in [5.41, 5.74) is 2.68. The molecule has 216 valence electrons. The minimum absolute atomic E-state index is 0.0732. The number of halogens is 3. The van der Waals surface area contributed by atoms with E-state index in [9.17, 15) is 27.6 Å². The number of carbonyl (C=O) groups is 3. The van der Waals surface area contributed by atoms with E-state index < -0.39 is 36.0 Å². The van der Waals surface area contributed by atoms with Crippen LogP contribution in [0.3, 0.4) is 0 Å². The Kier molecular flexibility index (Phi) is 9.43. The third-order valence-electron chi connectivity index (χ3n) is 5.92. The number of alkyl halides is 3. The topological polar surface area (TPSA) is 114 Å². The van der Waals surface area contributed by atoms with Crippen molar-refractivity contribution in [3.05, 3.63) is 114 Å². The van der Waals surface area contributed by atoms with Gasteiger partial charge < -0.3 is 25.2 Å². The highest BCUT2D eigenvalue weighted by Crippen LogP contribution is 2.28. The van der Waals surface area contributed by atoms with Crippen molar-refractivity contribution in [2.45, 2.75) is 18.8 Å². The van der Waals surface area contributed by atoms with Gasteiger partial charge in [-0.05, 0) is 59.2 Å². The molecule has 42 heavy (non-hydrogen) atoms. The summed E-state index contributed by atoms with van der Waals surface area (Å²) in [4.78, 5) is 36.6. The molecule has 1 amide bonds. The van der Waals surface area contributed by atoms with E-state index in [0.717, 1.165) is 23.3 Å². The number of nitrogens with one attached hydrogen (secondary N) is 2. The SMILES string of the molecule is O=C(O)CCNC(=O)c1cccc(NC(C(=O)Oc2ccc(-c3ccccc3)cc2)c2ccc(OC(F)(F)F)cc2)c1. The number of hydrogen-bond donors (Lipinski definition) is 3. The fourth-order valence-electron chi connectivity index (χ4n) is 3.96. The summed E-state index contributed by atoms with van der Waals surface area (Å²) < 4.78 is 47.5. The van der Waals surface area contributed by atoms with Gasteiger partial charge in [0.2, 0.25) is 0 Å². The lowest BCUT2D eigenvalue weighted by atomic mass is 10.1. The number of carboxylic acids is 1. The Morgan fingerprint density at radius 3 is 2.07 bits per heavy atom. The molecule has 4 aromatic carbocycles. The normalized spacial score (nSPS) is 11.7. The molecular weight excluding hydrogens is 553 g/mol. The van der Waals surface area contributed by atoms with Gasteiger partial charge in [-0.2, -0.15) is 0 Å². The van der Waals surface area contributed by atoms with Gasteiger partial charge in [0.1, 0.15) is 11.5 Å². The predicted octanol–water partition coefficient (Wildman–Crippen LogP) is 6.22. The van der Waals surface area contributed by atoms with Gasteiger partial charge in [-0.25, -0.2) is 4.79 Å². The number of rotatable bonds is 11. The number of amides is 1. The molecule has 0 bridgehead atoms. The van der Waals surface area contributed by atoms with E-state index in [1.165, 1.54) is 24.3 Å². The number of hydrogen-bond acceptors (Lipinski definition) is 6. The molecule has 0 spiro atoms. The van der Waals surface area contributed by atoms with Gasteiger partial charge in [0.05, 0.1) is 6.42 Å². The van der Waals surface area contributed by atoms with Crippen LogP contribution in [0.25, 0.3) is 11.1 Å². The van der Waals surface area contributed by atoms with Crippen LogP contribution in [0.2, 0.25) is 0 Å². The van der Waals surface area contributed by atoms with Crippen LogP contribution in [0.5, 0.6) is 11.5 Å². The van der Waals surface area contributed by atoms with Crippen LogP contribution in [0, 0.1) is 0 Å². The molecule has 1 atom stereocenters. The lowest BCUT2D eigenvalue weighted by molar-refractivity contribution is -0.274. The first kappa shape index (κ1) is 29.7. The Labute approximate surface area is 238 Å². The summed E-state index contributed by atoms with van der Waals surface area (Å²) in [6.07, 6.45) is -5.13. The van der Waals surface area contributed by atoms with E-state index in [-0.39, 0.29) is 29.8 Å². The van der Waals surface area contributed by atoms with E-state index in [2.05, 4.69) is 15.4 Å². The lowest BCUT2D eigenvalue weighted by Gasteiger charge is -2.20. The maximum absolute atomic E-state index is 13.4. The molecule has 11 heteroatoms. The highest BCUT2D eigenvalue weighted by atomic mass is 19.4. The molecule has 0 radical (unpaired) electrons. The molecule has 1 unspecified atom stereocenters. The average Bonchev–Trinajstić information content (AvgIpc) is 2.96. The average molecular weight is 579 g/mol. The van der Waals surface area contributed by atoms with E-state index in [1.54, 1.807) is 36.4 Å². The minimum atomic E-state index is -4.88. The molecule has 0 saturated heterocycles. The first-order valence-corrected chi connectivity index (χ1v) is 12.7. The molecule has 0 heterocycles. The minimum Gasteiger partial charge on any atom is -0.481 e. The highest BCUT2D eigenvalue weighted by molar-refractivity contribution is 5.95. The first-order chi connectivity index (χ1) is 20.1. The Balaban J connectivity index is 1.55. The van der Waals surface area contributed by atoms with Crippen molar-refractivity contribution in [2.75, 3.05) is 11.9 Å². The Morgan fingerprint density at radius 1 is 0.786 bits per heavy atom. The molecular formula is C31H25F3N2O6. The predicted molar refractivity (Wildman–Crippen MR) is 148 cm³/mol. The van der Waals surface area contributed by atoms with Crippen molar-refractivity contribution in [1.82, 2.24) is 5.32 Å². The Hall–Kier alpha value is -5.32. The molecule has 0 fully saturated rings. The van der Waals surface area contributed by atoms with Crippen molar-refractivity contribution >= 4 is 23.5 Å². The maximum Gasteiger partial charge on any atom is 0.573 e. The second-order valence-corrected chi connectivity index (χ2v) is 8.99. The quantitative estimate of drug-likeness (QED) is 0.143. The van der Waals surface area contributed by atoms with Gasteiger partial charge in [0, 0.05) is 17.8 Å². The number of anilines is 1. The summed E-state index contributed by atoms with van der Waals surface area (Å²) in [5, 5.41) is 14.2. The fraction of sp³-hybridized carbons (Fsp3) is 0.129. The molecule has 8 nitrogen and oxygen atoms in total. The summed E-state index contributed by atoms with van der Waals surface area (Å²) in [7, 11) is 0. The van der Waals surface area contributed by atoms with Crippen LogP contribution in [0.4, 0.5) is 18.9 Å². The zero-order valence-corrected chi connectivity index (χ0v) is 21.9. The number of carbonyl (C=O) groups excluding carboxylic acids is 2. The largest absolute Gasteiger partial charge is 0.573 e. The zero-order chi connectivity index (χ0) is 30.1. The molecule has 3 N–H and O–H groups in total. The monoisotopic (exact) mass is 578 g/mol. The standard InChI is InChI=1S/C31H25F3N2O6/c32-31(33,34)42-26-15-11-22(12-16-26)28(36-24-8-4-7-23(19-24)29(39)35-18-17-27(37)38)30(40)41-25-13-9-21(10-14-25)20-5-2-1-3-6-20/h1-16,19,28,36H,17-18H2,(H,35,39)(H,37,38). The second kappa shape index (κ2) is 13.4. The van der Waals surface area contributed by atoms with Gasteiger partial charge in [-0.3, -0.25) is 9.59 Å². The molecule has 0 aromatic heterocycles. The summed E-state index contributed by atoms with van der Waals surface area (Å²) in [5.74, 6) is -2.56. The van der Waals surface area contributed by atoms with E-state index in [1.807, 2.05) is 30.3 Å². The van der Waals surface area contributed by atoms with Gasteiger partial charge >= 0.3 is 18.3 Å². The van der Waals surface area contributed by atoms with E-state index >= 15 is 0 Å². The van der Waals surface area contributed by atoms with E-state index in [4.69, 9.17) is 9.84 Å². The molecule has 4 rings (SSSR count). The third kappa shape index (κ3) is 8.59. The first-order valence-electron chi connectivity index (χ1n) is 12.7. The number of ether oxygens (including phenoxy) is 2. The van der Waals surface area contributed by atoms with Gasteiger partial charge in [0.15, 0.2) is 6.04 Å². The molecule has 0 aliphatic rings. The lowest BCUT2D eigenvalue weighted by Crippen LogP contribution is -2.27. The van der Waals surface area contributed by atoms with Crippen molar-refractivity contribution in [1.29, 1.82) is 0 Å². The molecule has 0 aliphatic carbocycles. The molecule has 0 saturated carbocycles. The molecule has 0 aliphatic heterocycles. The maximum atomic E-state index is 13.4. The summed E-state index contributed by atoms with van der Waals surface area (Å²) >= 11 is 0. The van der Waals surface area contributed by atoms with Gasteiger partial charge in [-0.1, -0.05) is 60.7 Å². The number of benzene rings is 4. The fourth-order valence-corrected chi connectivity index (χ4v) is 3.96. The van der Waals surface area contributed by atoms with E-state index in [0.29, 0.717) is 5.69 Å². The zero-order valence-electron chi connectivity index (χ0n) is 21.9. The van der Waals surface area contributed by atoms with Crippen LogP contribution in [-0.2, 0) is 9.59 Å². The highest BCUT2D eigenvalue weighted by Gasteiger charge is 2.31.